The van der Waals surface area contributed by atoms with E-state index in [9.17, 15) is 0 Å². The average molecular weight is 196 g/mol. The van der Waals surface area contributed by atoms with Crippen molar-refractivity contribution < 1.29 is 14.2 Å². The van der Waals surface area contributed by atoms with E-state index in [0.717, 1.165) is 0 Å². The second-order valence-corrected chi connectivity index (χ2v) is 4.45. The second kappa shape index (κ2) is 3.05. The third kappa shape index (κ3) is 0.977. The molecule has 3 heteroatoms. The van der Waals surface area contributed by atoms with Crippen molar-refractivity contribution in [3.63, 3.8) is 0 Å². The number of hydrogen-bond acceptors (Lipinski definition) is 3. The first-order valence-electron chi connectivity index (χ1n) is 5.24. The number of hydrogen-bond donors (Lipinski definition) is 0. The van der Waals surface area contributed by atoms with Crippen LogP contribution in [0, 0.1) is 23.7 Å². The molecule has 0 aromatic heterocycles. The van der Waals surface area contributed by atoms with Crippen LogP contribution in [0.4, 0.5) is 0 Å². The van der Waals surface area contributed by atoms with Gasteiger partial charge in [-0.3, -0.25) is 0 Å². The van der Waals surface area contributed by atoms with Gasteiger partial charge >= 0.3 is 0 Å². The van der Waals surface area contributed by atoms with Crippen LogP contribution in [-0.4, -0.2) is 26.8 Å². The zero-order chi connectivity index (χ0) is 9.71. The van der Waals surface area contributed by atoms with Gasteiger partial charge in [0.25, 0.3) is 0 Å². The summed E-state index contributed by atoms with van der Waals surface area (Å²) in [6.07, 6.45) is 5.77. The van der Waals surface area contributed by atoms with E-state index >= 15 is 0 Å². The van der Waals surface area contributed by atoms with Gasteiger partial charge in [-0.2, -0.15) is 0 Å². The summed E-state index contributed by atoms with van der Waals surface area (Å²) >= 11 is 0. The molecule has 1 saturated carbocycles. The molecular weight excluding hydrogens is 180 g/mol. The molecule has 3 aliphatic rings. The molecule has 2 bridgehead atoms. The van der Waals surface area contributed by atoms with Crippen LogP contribution >= 0.6 is 0 Å². The van der Waals surface area contributed by atoms with Crippen molar-refractivity contribution in [1.82, 2.24) is 0 Å². The summed E-state index contributed by atoms with van der Waals surface area (Å²) in [5.41, 5.74) is 0. The molecule has 0 aromatic carbocycles. The maximum atomic E-state index is 5.72. The number of fused-ring (bicyclic) bond motifs is 5. The van der Waals surface area contributed by atoms with Crippen LogP contribution in [0.5, 0.6) is 0 Å². The molecule has 0 spiro atoms. The lowest BCUT2D eigenvalue weighted by molar-refractivity contribution is -0.202. The molecule has 2 fully saturated rings. The van der Waals surface area contributed by atoms with Gasteiger partial charge in [0.15, 0.2) is 12.6 Å². The molecule has 2 aliphatic carbocycles. The molecule has 14 heavy (non-hydrogen) atoms. The molecule has 1 heterocycles. The van der Waals surface area contributed by atoms with Crippen LogP contribution < -0.4 is 0 Å². The van der Waals surface area contributed by atoms with Gasteiger partial charge < -0.3 is 14.2 Å². The molecule has 3 nitrogen and oxygen atoms in total. The zero-order valence-electron chi connectivity index (χ0n) is 8.55. The van der Waals surface area contributed by atoms with E-state index in [1.165, 1.54) is 6.42 Å². The summed E-state index contributed by atoms with van der Waals surface area (Å²) in [7, 11) is 3.44. The van der Waals surface area contributed by atoms with Crippen LogP contribution in [0.2, 0.25) is 0 Å². The molecule has 0 radical (unpaired) electrons. The molecule has 0 unspecified atom stereocenters. The molecule has 3 rings (SSSR count). The van der Waals surface area contributed by atoms with Gasteiger partial charge in [-0.1, -0.05) is 12.2 Å². The molecule has 1 aliphatic heterocycles. The second-order valence-electron chi connectivity index (χ2n) is 4.45. The van der Waals surface area contributed by atoms with E-state index in [0.29, 0.717) is 23.7 Å². The van der Waals surface area contributed by atoms with Gasteiger partial charge in [-0.15, -0.1) is 0 Å². The predicted molar refractivity (Wildman–Crippen MR) is 50.4 cm³/mol. The lowest BCUT2D eigenvalue weighted by Gasteiger charge is -2.23. The van der Waals surface area contributed by atoms with Crippen molar-refractivity contribution in [2.24, 2.45) is 23.7 Å². The third-order valence-electron chi connectivity index (χ3n) is 3.94. The summed E-state index contributed by atoms with van der Waals surface area (Å²) in [5.74, 6) is 2.32. The van der Waals surface area contributed by atoms with Crippen LogP contribution in [-0.2, 0) is 14.2 Å². The maximum Gasteiger partial charge on any atom is 0.164 e. The smallest absolute Gasteiger partial charge is 0.164 e. The van der Waals surface area contributed by atoms with Crippen molar-refractivity contribution in [2.45, 2.75) is 19.0 Å². The van der Waals surface area contributed by atoms with Gasteiger partial charge in [0.2, 0.25) is 0 Å². The predicted octanol–water partition coefficient (Wildman–Crippen LogP) is 1.40. The van der Waals surface area contributed by atoms with Crippen molar-refractivity contribution in [3.8, 4) is 0 Å². The Morgan fingerprint density at radius 2 is 1.50 bits per heavy atom. The monoisotopic (exact) mass is 196 g/mol. The summed E-state index contributed by atoms with van der Waals surface area (Å²) in [6.45, 7) is 0. The molecule has 0 N–H and O–H groups in total. The van der Waals surface area contributed by atoms with Gasteiger partial charge in [0, 0.05) is 26.1 Å². The molecule has 6 atom stereocenters. The van der Waals surface area contributed by atoms with Crippen molar-refractivity contribution in [1.29, 1.82) is 0 Å². The SMILES string of the molecule is CO[C@@H]1O[C@H](OC)[C@H]2[C@H]1[C@H]1C=C[C@H]2C1. The van der Waals surface area contributed by atoms with Gasteiger partial charge in [0.05, 0.1) is 0 Å². The van der Waals surface area contributed by atoms with Crippen LogP contribution in [0.1, 0.15) is 6.42 Å². The summed E-state index contributed by atoms with van der Waals surface area (Å²) in [6, 6.07) is 0. The lowest BCUT2D eigenvalue weighted by atomic mass is 9.84. The zero-order valence-corrected chi connectivity index (χ0v) is 8.55. The van der Waals surface area contributed by atoms with E-state index in [1.807, 2.05) is 0 Å². The highest BCUT2D eigenvalue weighted by atomic mass is 16.8. The lowest BCUT2D eigenvalue weighted by Crippen LogP contribution is -2.27. The highest BCUT2D eigenvalue weighted by Gasteiger charge is 2.57. The van der Waals surface area contributed by atoms with Gasteiger partial charge in [-0.25, -0.2) is 0 Å². The normalized spacial score (nSPS) is 54.1. The first-order chi connectivity index (χ1) is 6.85. The van der Waals surface area contributed by atoms with Crippen LogP contribution in [0.25, 0.3) is 0 Å². The van der Waals surface area contributed by atoms with Gasteiger partial charge in [-0.05, 0) is 18.3 Å². The maximum absolute atomic E-state index is 5.72. The minimum atomic E-state index is -0.0649. The fourth-order valence-electron chi connectivity index (χ4n) is 3.40. The summed E-state index contributed by atoms with van der Waals surface area (Å²) in [4.78, 5) is 0. The third-order valence-corrected chi connectivity index (χ3v) is 3.94. The van der Waals surface area contributed by atoms with Crippen LogP contribution in [0.3, 0.4) is 0 Å². The minimum absolute atomic E-state index is 0.0649. The molecule has 0 aromatic rings. The highest BCUT2D eigenvalue weighted by Crippen LogP contribution is 2.55. The minimum Gasteiger partial charge on any atom is -0.355 e. The Kier molecular flexibility index (Phi) is 1.94. The molecule has 78 valence electrons. The van der Waals surface area contributed by atoms with E-state index in [1.54, 1.807) is 14.2 Å². The Morgan fingerprint density at radius 3 is 1.93 bits per heavy atom. The van der Waals surface area contributed by atoms with Gasteiger partial charge in [0.1, 0.15) is 0 Å². The fraction of sp³-hybridized carbons (Fsp3) is 0.818. The Labute approximate surface area is 84.0 Å². The van der Waals surface area contributed by atoms with E-state index in [-0.39, 0.29) is 12.6 Å². The molecule has 0 amide bonds. The summed E-state index contributed by atoms with van der Waals surface area (Å²) < 4.78 is 16.5. The number of ether oxygens (including phenoxy) is 3. The Morgan fingerprint density at radius 1 is 1.00 bits per heavy atom. The Hall–Kier alpha value is -0.380. The Balaban J connectivity index is 1.89. The number of allylic oxidation sites excluding steroid dienone is 2. The van der Waals surface area contributed by atoms with E-state index in [2.05, 4.69) is 12.2 Å². The topological polar surface area (TPSA) is 27.7 Å². The quantitative estimate of drug-likeness (QED) is 0.625. The van der Waals surface area contributed by atoms with Crippen molar-refractivity contribution >= 4 is 0 Å². The Bertz CT molecular complexity index is 239. The fourth-order valence-corrected chi connectivity index (χ4v) is 3.40. The number of rotatable bonds is 2. The standard InChI is InChI=1S/C11H16O3/c1-12-10-8-6-3-4-7(5-6)9(8)11(13-2)14-10/h3-4,6-11H,5H2,1-2H3/t6-,7-,8+,9+,10-,11+/m0/s1. The number of methoxy groups -OCH3 is 2. The average Bonchev–Trinajstić information content (AvgIpc) is 2.88. The van der Waals surface area contributed by atoms with E-state index < -0.39 is 0 Å². The summed E-state index contributed by atoms with van der Waals surface area (Å²) in [5, 5.41) is 0. The van der Waals surface area contributed by atoms with Crippen molar-refractivity contribution in [2.75, 3.05) is 14.2 Å². The van der Waals surface area contributed by atoms with Crippen LogP contribution in [0.15, 0.2) is 12.2 Å². The first-order valence-corrected chi connectivity index (χ1v) is 5.24. The molecule has 1 saturated heterocycles. The van der Waals surface area contributed by atoms with Crippen molar-refractivity contribution in [3.05, 3.63) is 12.2 Å². The largest absolute Gasteiger partial charge is 0.355 e. The first kappa shape index (κ1) is 8.89. The highest BCUT2D eigenvalue weighted by molar-refractivity contribution is 5.16. The molecular formula is C11H16O3. The van der Waals surface area contributed by atoms with E-state index in [4.69, 9.17) is 14.2 Å².